The number of hydrogen-bond acceptors (Lipinski definition) is 3. The third-order valence-corrected chi connectivity index (χ3v) is 2.95. The van der Waals surface area contributed by atoms with Crippen LogP contribution in [0.3, 0.4) is 0 Å². The Balaban J connectivity index is 1.98. The first kappa shape index (κ1) is 9.85. The second-order valence-electron chi connectivity index (χ2n) is 4.07. The summed E-state index contributed by atoms with van der Waals surface area (Å²) >= 11 is 0. The minimum atomic E-state index is 0.00236. The highest BCUT2D eigenvalue weighted by Crippen LogP contribution is 2.25. The lowest BCUT2D eigenvalue weighted by molar-refractivity contribution is -0.117. The van der Waals surface area contributed by atoms with Gasteiger partial charge in [-0.3, -0.25) is 9.89 Å². The van der Waals surface area contributed by atoms with Crippen LogP contribution in [0.1, 0.15) is 6.42 Å². The third-order valence-electron chi connectivity index (χ3n) is 2.95. The standard InChI is InChI=1S/C12H10N4O/c1-2-8-3-11(17)16(7-8)10-4-9-5-14-15-12(9)13-6-10/h1,4-6,8H,3,7H2,(H,13,14,15). The van der Waals surface area contributed by atoms with Crippen LogP contribution < -0.4 is 4.90 Å². The maximum atomic E-state index is 11.8. The number of aromatic amines is 1. The summed E-state index contributed by atoms with van der Waals surface area (Å²) in [5, 5.41) is 7.56. The van der Waals surface area contributed by atoms with Crippen LogP contribution in [0.4, 0.5) is 5.69 Å². The van der Waals surface area contributed by atoms with Crippen molar-refractivity contribution in [3.8, 4) is 12.3 Å². The zero-order valence-corrected chi connectivity index (χ0v) is 9.05. The molecule has 3 rings (SSSR count). The van der Waals surface area contributed by atoms with E-state index in [2.05, 4.69) is 21.1 Å². The highest BCUT2D eigenvalue weighted by Gasteiger charge is 2.29. The second kappa shape index (κ2) is 3.59. The third kappa shape index (κ3) is 1.54. The summed E-state index contributed by atoms with van der Waals surface area (Å²) in [5.41, 5.74) is 1.50. The number of nitrogens with one attached hydrogen (secondary N) is 1. The van der Waals surface area contributed by atoms with Crippen LogP contribution in [0.25, 0.3) is 11.0 Å². The molecule has 0 radical (unpaired) electrons. The van der Waals surface area contributed by atoms with E-state index >= 15 is 0 Å². The summed E-state index contributed by atoms with van der Waals surface area (Å²) in [6.45, 7) is 0.570. The maximum absolute atomic E-state index is 11.8. The second-order valence-corrected chi connectivity index (χ2v) is 4.07. The van der Waals surface area contributed by atoms with Gasteiger partial charge in [0, 0.05) is 24.3 Å². The maximum Gasteiger partial charge on any atom is 0.228 e. The molecule has 1 N–H and O–H groups in total. The highest BCUT2D eigenvalue weighted by molar-refractivity contribution is 5.97. The van der Waals surface area contributed by atoms with Crippen molar-refractivity contribution in [3.05, 3.63) is 18.5 Å². The zero-order valence-electron chi connectivity index (χ0n) is 9.05. The summed E-state index contributed by atoms with van der Waals surface area (Å²) in [5.74, 6) is 2.68. The van der Waals surface area contributed by atoms with Gasteiger partial charge in [-0.15, -0.1) is 12.3 Å². The van der Waals surface area contributed by atoms with E-state index in [1.165, 1.54) is 0 Å². The molecule has 2 aromatic heterocycles. The monoisotopic (exact) mass is 226 g/mol. The van der Waals surface area contributed by atoms with E-state index < -0.39 is 0 Å². The van der Waals surface area contributed by atoms with Crippen molar-refractivity contribution >= 4 is 22.6 Å². The van der Waals surface area contributed by atoms with Gasteiger partial charge in [0.25, 0.3) is 0 Å². The minimum Gasteiger partial charge on any atom is -0.310 e. The molecule has 84 valence electrons. The molecule has 1 unspecified atom stereocenters. The largest absolute Gasteiger partial charge is 0.310 e. The van der Waals surface area contributed by atoms with Crippen molar-refractivity contribution < 1.29 is 4.79 Å². The Kier molecular flexibility index (Phi) is 2.08. The number of amides is 1. The fourth-order valence-electron chi connectivity index (χ4n) is 2.04. The summed E-state index contributed by atoms with van der Waals surface area (Å²) in [4.78, 5) is 17.7. The lowest BCUT2D eigenvalue weighted by Gasteiger charge is -2.15. The number of rotatable bonds is 1. The molecule has 0 saturated carbocycles. The molecule has 1 saturated heterocycles. The minimum absolute atomic E-state index is 0.00236. The summed E-state index contributed by atoms with van der Waals surface area (Å²) in [7, 11) is 0. The molecule has 3 heterocycles. The topological polar surface area (TPSA) is 61.9 Å². The van der Waals surface area contributed by atoms with Crippen molar-refractivity contribution in [2.45, 2.75) is 6.42 Å². The van der Waals surface area contributed by atoms with Gasteiger partial charge in [-0.1, -0.05) is 0 Å². The SMILES string of the molecule is C#CC1CC(=O)N(c2cnc3[nH]ncc3c2)C1. The van der Waals surface area contributed by atoms with Crippen LogP contribution in [-0.2, 0) is 4.79 Å². The first-order valence-electron chi connectivity index (χ1n) is 5.33. The van der Waals surface area contributed by atoms with Crippen LogP contribution in [0.15, 0.2) is 18.5 Å². The van der Waals surface area contributed by atoms with Crippen molar-refractivity contribution in [2.24, 2.45) is 5.92 Å². The van der Waals surface area contributed by atoms with Crippen molar-refractivity contribution in [1.29, 1.82) is 0 Å². The molecule has 5 nitrogen and oxygen atoms in total. The molecule has 2 aromatic rings. The number of hydrogen-bond donors (Lipinski definition) is 1. The Morgan fingerprint density at radius 2 is 2.41 bits per heavy atom. The van der Waals surface area contributed by atoms with Crippen LogP contribution in [0.2, 0.25) is 0 Å². The Labute approximate surface area is 97.8 Å². The Morgan fingerprint density at radius 1 is 1.53 bits per heavy atom. The average molecular weight is 226 g/mol. The molecule has 1 aliphatic heterocycles. The summed E-state index contributed by atoms with van der Waals surface area (Å²) in [6.07, 6.45) is 9.12. The predicted molar refractivity (Wildman–Crippen MR) is 63.2 cm³/mol. The zero-order chi connectivity index (χ0) is 11.8. The van der Waals surface area contributed by atoms with Gasteiger partial charge in [0.2, 0.25) is 5.91 Å². The molecular weight excluding hydrogens is 216 g/mol. The smallest absolute Gasteiger partial charge is 0.228 e. The summed E-state index contributed by atoms with van der Waals surface area (Å²) < 4.78 is 0. The van der Waals surface area contributed by atoms with Gasteiger partial charge in [-0.2, -0.15) is 5.10 Å². The highest BCUT2D eigenvalue weighted by atomic mass is 16.2. The average Bonchev–Trinajstić information content (AvgIpc) is 2.93. The lowest BCUT2D eigenvalue weighted by Crippen LogP contribution is -2.24. The van der Waals surface area contributed by atoms with E-state index in [0.29, 0.717) is 18.6 Å². The fraction of sp³-hybridized carbons (Fsp3) is 0.250. The van der Waals surface area contributed by atoms with E-state index in [1.807, 2.05) is 6.07 Å². The van der Waals surface area contributed by atoms with Gasteiger partial charge < -0.3 is 4.90 Å². The molecule has 1 amide bonds. The number of pyridine rings is 1. The lowest BCUT2D eigenvalue weighted by atomic mass is 10.1. The Bertz CT molecular complexity index is 625. The number of H-pyrrole nitrogens is 1. The molecule has 17 heavy (non-hydrogen) atoms. The molecule has 0 aromatic carbocycles. The van der Waals surface area contributed by atoms with Gasteiger partial charge in [-0.05, 0) is 6.07 Å². The van der Waals surface area contributed by atoms with Crippen molar-refractivity contribution in [1.82, 2.24) is 15.2 Å². The molecular formula is C12H10N4O. The van der Waals surface area contributed by atoms with E-state index in [0.717, 1.165) is 11.1 Å². The number of carbonyl (C=O) groups excluding carboxylic acids is 1. The van der Waals surface area contributed by atoms with Crippen molar-refractivity contribution in [3.63, 3.8) is 0 Å². The summed E-state index contributed by atoms with van der Waals surface area (Å²) in [6, 6.07) is 1.89. The normalized spacial score (nSPS) is 19.8. The number of anilines is 1. The van der Waals surface area contributed by atoms with Gasteiger partial charge in [-0.25, -0.2) is 4.98 Å². The number of nitrogens with zero attached hydrogens (tertiary/aromatic N) is 3. The molecule has 1 fully saturated rings. The van der Waals surface area contributed by atoms with Crippen LogP contribution in [-0.4, -0.2) is 27.6 Å². The van der Waals surface area contributed by atoms with Gasteiger partial charge in [0.1, 0.15) is 0 Å². The molecule has 0 bridgehead atoms. The molecule has 0 spiro atoms. The van der Waals surface area contributed by atoms with Gasteiger partial charge in [0.05, 0.1) is 18.1 Å². The molecule has 1 aliphatic rings. The fourth-order valence-corrected chi connectivity index (χ4v) is 2.04. The number of carbonyl (C=O) groups is 1. The number of terminal acetylenes is 1. The van der Waals surface area contributed by atoms with Crippen LogP contribution in [0, 0.1) is 18.3 Å². The van der Waals surface area contributed by atoms with Crippen molar-refractivity contribution in [2.75, 3.05) is 11.4 Å². The number of fused-ring (bicyclic) bond motifs is 1. The number of aromatic nitrogens is 3. The Hall–Kier alpha value is -2.35. The van der Waals surface area contributed by atoms with Gasteiger partial charge in [0.15, 0.2) is 5.65 Å². The first-order valence-corrected chi connectivity index (χ1v) is 5.33. The quantitative estimate of drug-likeness (QED) is 0.736. The first-order chi connectivity index (χ1) is 8.28. The van der Waals surface area contributed by atoms with E-state index in [9.17, 15) is 4.79 Å². The molecule has 0 aliphatic carbocycles. The molecule has 5 heteroatoms. The van der Waals surface area contributed by atoms with Crippen LogP contribution in [0.5, 0.6) is 0 Å². The van der Waals surface area contributed by atoms with Gasteiger partial charge >= 0.3 is 0 Å². The predicted octanol–water partition coefficient (Wildman–Crippen LogP) is 0.944. The van der Waals surface area contributed by atoms with E-state index in [1.54, 1.807) is 17.3 Å². The molecule has 1 atom stereocenters. The van der Waals surface area contributed by atoms with Crippen LogP contribution >= 0.6 is 0 Å². The van der Waals surface area contributed by atoms with E-state index in [4.69, 9.17) is 6.42 Å². The van der Waals surface area contributed by atoms with E-state index in [-0.39, 0.29) is 11.8 Å². The Morgan fingerprint density at radius 3 is 3.18 bits per heavy atom.